The van der Waals surface area contributed by atoms with E-state index in [9.17, 15) is 27.9 Å². The van der Waals surface area contributed by atoms with Gasteiger partial charge in [0.2, 0.25) is 0 Å². The van der Waals surface area contributed by atoms with Gasteiger partial charge in [-0.2, -0.15) is 17.7 Å². The lowest BCUT2D eigenvalue weighted by molar-refractivity contribution is -0.140. The van der Waals surface area contributed by atoms with E-state index in [1.807, 2.05) is 0 Å². The standard InChI is InChI=1S/C21H21F3N4O3/c1-11-15(19(30)26-13-9-5-6-10-14(13)29)20(31)28-18(25-11)16(12-7-3-2-4-8-12)17(27-28)21(22,23)24/h2-4,7-8,13-14,27,29H,5-6,9-10H2,1H3,(H,26,30). The molecule has 4 rings (SSSR count). The van der Waals surface area contributed by atoms with Gasteiger partial charge in [-0.15, -0.1) is 0 Å². The third-order valence-corrected chi connectivity index (χ3v) is 5.58. The molecule has 0 aliphatic heterocycles. The van der Waals surface area contributed by atoms with Crippen LogP contribution < -0.4 is 10.9 Å². The average Bonchev–Trinajstić information content (AvgIpc) is 3.10. The largest absolute Gasteiger partial charge is 0.433 e. The number of aromatic nitrogens is 3. The SMILES string of the molecule is Cc1nc2c(-c3ccccc3)c(C(F)(F)F)[nH]n2c(=O)c1C(=O)NC1CCCCC1O. The predicted octanol–water partition coefficient (Wildman–Crippen LogP) is 3.05. The second-order valence-corrected chi connectivity index (χ2v) is 7.69. The minimum atomic E-state index is -4.77. The first-order valence-electron chi connectivity index (χ1n) is 9.95. The smallest absolute Gasteiger partial charge is 0.391 e. The van der Waals surface area contributed by atoms with Crippen LogP contribution in [0.2, 0.25) is 0 Å². The number of amides is 1. The first-order valence-corrected chi connectivity index (χ1v) is 9.95. The van der Waals surface area contributed by atoms with Crippen LogP contribution in [0.5, 0.6) is 0 Å². The Morgan fingerprint density at radius 2 is 1.90 bits per heavy atom. The van der Waals surface area contributed by atoms with Crippen molar-refractivity contribution in [3.63, 3.8) is 0 Å². The van der Waals surface area contributed by atoms with E-state index in [0.717, 1.165) is 12.8 Å². The van der Waals surface area contributed by atoms with Gasteiger partial charge in [0.1, 0.15) is 11.3 Å². The van der Waals surface area contributed by atoms with Crippen LogP contribution in [0.15, 0.2) is 35.1 Å². The van der Waals surface area contributed by atoms with Crippen molar-refractivity contribution < 1.29 is 23.1 Å². The number of carbonyl (C=O) groups is 1. The van der Waals surface area contributed by atoms with E-state index in [2.05, 4.69) is 15.4 Å². The van der Waals surface area contributed by atoms with Crippen LogP contribution in [0.4, 0.5) is 13.2 Å². The highest BCUT2D eigenvalue weighted by molar-refractivity contribution is 5.95. The zero-order chi connectivity index (χ0) is 22.3. The van der Waals surface area contributed by atoms with Crippen molar-refractivity contribution in [3.05, 3.63) is 57.6 Å². The lowest BCUT2D eigenvalue weighted by atomic mass is 9.92. The summed E-state index contributed by atoms with van der Waals surface area (Å²) in [5, 5.41) is 14.8. The molecule has 1 aliphatic rings. The minimum Gasteiger partial charge on any atom is -0.391 e. The van der Waals surface area contributed by atoms with Gasteiger partial charge in [0.05, 0.1) is 23.4 Å². The van der Waals surface area contributed by atoms with E-state index in [0.29, 0.717) is 17.4 Å². The summed E-state index contributed by atoms with van der Waals surface area (Å²) in [6, 6.07) is 7.30. The van der Waals surface area contributed by atoms with Crippen molar-refractivity contribution >= 4 is 11.6 Å². The van der Waals surface area contributed by atoms with Crippen molar-refractivity contribution in [2.45, 2.75) is 50.9 Å². The van der Waals surface area contributed by atoms with E-state index < -0.39 is 35.5 Å². The molecule has 0 saturated heterocycles. The lowest BCUT2D eigenvalue weighted by Gasteiger charge is -2.28. The number of alkyl halides is 3. The van der Waals surface area contributed by atoms with E-state index in [1.54, 1.807) is 18.2 Å². The maximum atomic E-state index is 13.7. The normalized spacial score (nSPS) is 19.5. The van der Waals surface area contributed by atoms with Gasteiger partial charge < -0.3 is 10.4 Å². The molecule has 1 aromatic carbocycles. The number of hydrogen-bond acceptors (Lipinski definition) is 4. The number of H-pyrrole nitrogens is 1. The van der Waals surface area contributed by atoms with Gasteiger partial charge in [0, 0.05) is 0 Å². The monoisotopic (exact) mass is 434 g/mol. The summed E-state index contributed by atoms with van der Waals surface area (Å²) < 4.78 is 41.9. The second kappa shape index (κ2) is 7.84. The summed E-state index contributed by atoms with van der Waals surface area (Å²) in [6.45, 7) is 1.41. The molecule has 0 bridgehead atoms. The fraction of sp³-hybridized carbons (Fsp3) is 0.381. The summed E-state index contributed by atoms with van der Waals surface area (Å²) in [5.41, 5.74) is -2.64. The van der Waals surface area contributed by atoms with Crippen LogP contribution in [-0.4, -0.2) is 37.8 Å². The number of nitrogens with one attached hydrogen (secondary N) is 2. The molecule has 7 nitrogen and oxygen atoms in total. The van der Waals surface area contributed by atoms with Crippen molar-refractivity contribution in [2.24, 2.45) is 0 Å². The van der Waals surface area contributed by atoms with Crippen LogP contribution in [0, 0.1) is 6.92 Å². The number of aromatic amines is 1. The molecule has 3 aromatic rings. The van der Waals surface area contributed by atoms with Crippen LogP contribution >= 0.6 is 0 Å². The molecule has 31 heavy (non-hydrogen) atoms. The maximum absolute atomic E-state index is 13.7. The maximum Gasteiger partial charge on any atom is 0.433 e. The molecule has 0 spiro atoms. The fourth-order valence-electron chi connectivity index (χ4n) is 4.04. The molecule has 10 heteroatoms. The average molecular weight is 434 g/mol. The van der Waals surface area contributed by atoms with Gasteiger partial charge in [-0.1, -0.05) is 43.2 Å². The zero-order valence-corrected chi connectivity index (χ0v) is 16.7. The number of aliphatic hydroxyl groups is 1. The van der Waals surface area contributed by atoms with Crippen molar-refractivity contribution in [1.82, 2.24) is 19.9 Å². The first kappa shape index (κ1) is 21.1. The highest BCUT2D eigenvalue weighted by Crippen LogP contribution is 2.38. The molecule has 0 radical (unpaired) electrons. The van der Waals surface area contributed by atoms with E-state index >= 15 is 0 Å². The molecule has 164 valence electrons. The third kappa shape index (κ3) is 3.83. The van der Waals surface area contributed by atoms with Gasteiger partial charge in [0.15, 0.2) is 5.65 Å². The third-order valence-electron chi connectivity index (χ3n) is 5.58. The molecule has 1 amide bonds. The number of carbonyl (C=O) groups excluding carboxylic acids is 1. The highest BCUT2D eigenvalue weighted by atomic mass is 19.4. The highest BCUT2D eigenvalue weighted by Gasteiger charge is 2.38. The Morgan fingerprint density at radius 1 is 1.23 bits per heavy atom. The van der Waals surface area contributed by atoms with Gasteiger partial charge in [-0.05, 0) is 25.3 Å². The van der Waals surface area contributed by atoms with Crippen LogP contribution in [0.25, 0.3) is 16.8 Å². The second-order valence-electron chi connectivity index (χ2n) is 7.69. The summed E-state index contributed by atoms with van der Waals surface area (Å²) in [7, 11) is 0. The summed E-state index contributed by atoms with van der Waals surface area (Å²) in [5.74, 6) is -0.764. The molecule has 2 heterocycles. The Labute approximate surface area is 174 Å². The molecule has 2 atom stereocenters. The summed E-state index contributed by atoms with van der Waals surface area (Å²) in [6.07, 6.45) is -2.75. The van der Waals surface area contributed by atoms with Gasteiger partial charge in [0.25, 0.3) is 11.5 Å². The lowest BCUT2D eigenvalue weighted by Crippen LogP contribution is -2.46. The Morgan fingerprint density at radius 3 is 2.55 bits per heavy atom. The van der Waals surface area contributed by atoms with Crippen molar-refractivity contribution in [3.8, 4) is 11.1 Å². The number of aryl methyl sites for hydroxylation is 1. The molecule has 3 N–H and O–H groups in total. The minimum absolute atomic E-state index is 0.0118. The quantitative estimate of drug-likeness (QED) is 0.590. The molecule has 1 fully saturated rings. The fourth-order valence-corrected chi connectivity index (χ4v) is 4.04. The van der Waals surface area contributed by atoms with Crippen LogP contribution in [0.1, 0.15) is 47.4 Å². The van der Waals surface area contributed by atoms with Crippen molar-refractivity contribution in [2.75, 3.05) is 0 Å². The molecule has 1 saturated carbocycles. The molecule has 2 aromatic heterocycles. The first-order chi connectivity index (χ1) is 14.7. The predicted molar refractivity (Wildman–Crippen MR) is 107 cm³/mol. The molecule has 1 aliphatic carbocycles. The van der Waals surface area contributed by atoms with Crippen LogP contribution in [0.3, 0.4) is 0 Å². The number of aliphatic hydroxyl groups excluding tert-OH is 1. The summed E-state index contributed by atoms with van der Waals surface area (Å²) in [4.78, 5) is 30.0. The number of fused-ring (bicyclic) bond motifs is 1. The molecular weight excluding hydrogens is 413 g/mol. The topological polar surface area (TPSA) is 99.5 Å². The van der Waals surface area contributed by atoms with E-state index in [1.165, 1.54) is 19.1 Å². The Hall–Kier alpha value is -3.14. The number of halogens is 3. The Bertz CT molecular complexity index is 1180. The zero-order valence-electron chi connectivity index (χ0n) is 16.7. The van der Waals surface area contributed by atoms with Gasteiger partial charge in [-0.3, -0.25) is 14.7 Å². The summed E-state index contributed by atoms with van der Waals surface area (Å²) >= 11 is 0. The van der Waals surface area contributed by atoms with Crippen LogP contribution in [-0.2, 0) is 6.18 Å². The Balaban J connectivity index is 1.86. The number of benzene rings is 1. The van der Waals surface area contributed by atoms with E-state index in [4.69, 9.17) is 0 Å². The van der Waals surface area contributed by atoms with Crippen molar-refractivity contribution in [1.29, 1.82) is 0 Å². The van der Waals surface area contributed by atoms with E-state index in [-0.39, 0.29) is 28.0 Å². The van der Waals surface area contributed by atoms with Gasteiger partial charge in [-0.25, -0.2) is 4.98 Å². The molecular formula is C21H21F3N4O3. The van der Waals surface area contributed by atoms with Gasteiger partial charge >= 0.3 is 6.18 Å². The Kier molecular flexibility index (Phi) is 5.34. The number of nitrogens with zero attached hydrogens (tertiary/aromatic N) is 2. The number of hydrogen-bond donors (Lipinski definition) is 3. The number of rotatable bonds is 3. The molecule has 2 unspecified atom stereocenters.